The van der Waals surface area contributed by atoms with E-state index in [4.69, 9.17) is 4.74 Å². The number of nitrogens with one attached hydrogen (secondary N) is 1. The Morgan fingerprint density at radius 2 is 1.96 bits per heavy atom. The normalized spacial score (nSPS) is 16.6. The molecule has 5 heteroatoms. The molecule has 24 heavy (non-hydrogen) atoms. The van der Waals surface area contributed by atoms with Crippen molar-refractivity contribution in [3.63, 3.8) is 0 Å². The van der Waals surface area contributed by atoms with Gasteiger partial charge in [0.2, 0.25) is 5.88 Å². The molecule has 0 saturated heterocycles. The predicted molar refractivity (Wildman–Crippen MR) is 98.3 cm³/mol. The summed E-state index contributed by atoms with van der Waals surface area (Å²) in [6.07, 6.45) is 0.776. The maximum Gasteiger partial charge on any atom is 0.315 e. The first-order valence-corrected chi connectivity index (χ1v) is 8.96. The van der Waals surface area contributed by atoms with E-state index < -0.39 is 5.54 Å². The van der Waals surface area contributed by atoms with Crippen LogP contribution in [0.15, 0.2) is 22.5 Å². The van der Waals surface area contributed by atoms with Crippen molar-refractivity contribution in [1.82, 2.24) is 5.32 Å². The van der Waals surface area contributed by atoms with Gasteiger partial charge >= 0.3 is 5.97 Å². The zero-order chi connectivity index (χ0) is 18.2. The molecule has 1 aliphatic heterocycles. The molecule has 0 atom stereocenters. The lowest BCUT2D eigenvalue weighted by atomic mass is 9.89. The van der Waals surface area contributed by atoms with Crippen LogP contribution in [0, 0.1) is 12.8 Å². The van der Waals surface area contributed by atoms with Gasteiger partial charge in [-0.05, 0) is 44.4 Å². The quantitative estimate of drug-likeness (QED) is 0.780. The minimum atomic E-state index is -0.808. The summed E-state index contributed by atoms with van der Waals surface area (Å²) in [4.78, 5) is 25.0. The van der Waals surface area contributed by atoms with E-state index in [1.54, 1.807) is 27.7 Å². The second kappa shape index (κ2) is 6.71. The third-order valence-corrected chi connectivity index (χ3v) is 4.69. The van der Waals surface area contributed by atoms with Gasteiger partial charge in [0.25, 0.3) is 0 Å². The van der Waals surface area contributed by atoms with Crippen LogP contribution in [-0.4, -0.2) is 17.3 Å². The van der Waals surface area contributed by atoms with Crippen molar-refractivity contribution in [2.45, 2.75) is 53.5 Å². The highest BCUT2D eigenvalue weighted by molar-refractivity contribution is 9.10. The number of benzene rings is 1. The van der Waals surface area contributed by atoms with Crippen LogP contribution >= 0.6 is 15.9 Å². The van der Waals surface area contributed by atoms with Crippen LogP contribution in [0.3, 0.4) is 0 Å². The molecule has 0 aliphatic carbocycles. The first-order chi connectivity index (χ1) is 11.1. The summed E-state index contributed by atoms with van der Waals surface area (Å²) >= 11 is 3.58. The molecule has 1 N–H and O–H groups in total. The van der Waals surface area contributed by atoms with Crippen molar-refractivity contribution in [3.8, 4) is 0 Å². The van der Waals surface area contributed by atoms with Crippen LogP contribution in [-0.2, 0) is 20.7 Å². The lowest BCUT2D eigenvalue weighted by Gasteiger charge is -2.18. The Labute approximate surface area is 151 Å². The number of carbonyl (C=O) groups is 2. The molecular weight excluding hydrogens is 370 g/mol. The summed E-state index contributed by atoms with van der Waals surface area (Å²) in [6, 6.07) is 4.04. The predicted octanol–water partition coefficient (Wildman–Crippen LogP) is 4.14. The smallest absolute Gasteiger partial charge is 0.315 e. The topological polar surface area (TPSA) is 55.4 Å². The van der Waals surface area contributed by atoms with Crippen LogP contribution in [0.5, 0.6) is 0 Å². The van der Waals surface area contributed by atoms with E-state index in [0.29, 0.717) is 5.57 Å². The zero-order valence-corrected chi connectivity index (χ0v) is 16.6. The fourth-order valence-corrected chi connectivity index (χ4v) is 3.53. The van der Waals surface area contributed by atoms with Crippen LogP contribution in [0.1, 0.15) is 51.3 Å². The molecule has 0 saturated carbocycles. The number of esters is 1. The van der Waals surface area contributed by atoms with E-state index in [2.05, 4.69) is 27.3 Å². The molecule has 0 radical (unpaired) electrons. The molecule has 1 aromatic rings. The molecule has 0 amide bonds. The second-order valence-corrected chi connectivity index (χ2v) is 7.85. The number of halogens is 1. The van der Waals surface area contributed by atoms with Gasteiger partial charge in [0.1, 0.15) is 0 Å². The Balaban J connectivity index is 2.66. The van der Waals surface area contributed by atoms with Gasteiger partial charge in [-0.1, -0.05) is 42.8 Å². The van der Waals surface area contributed by atoms with E-state index in [1.807, 2.05) is 19.9 Å². The number of ketones is 1. The van der Waals surface area contributed by atoms with Gasteiger partial charge < -0.3 is 10.1 Å². The Morgan fingerprint density at radius 3 is 2.50 bits per heavy atom. The maximum absolute atomic E-state index is 13.0. The van der Waals surface area contributed by atoms with Crippen molar-refractivity contribution in [3.05, 3.63) is 39.2 Å². The highest BCUT2D eigenvalue weighted by Crippen LogP contribution is 2.38. The molecule has 4 nitrogen and oxygen atoms in total. The van der Waals surface area contributed by atoms with Crippen molar-refractivity contribution >= 4 is 33.3 Å². The number of hydrogen-bond donors (Lipinski definition) is 1. The third kappa shape index (κ3) is 3.41. The lowest BCUT2D eigenvalue weighted by Crippen LogP contribution is -2.40. The molecule has 1 aliphatic rings. The van der Waals surface area contributed by atoms with Crippen LogP contribution in [0.2, 0.25) is 0 Å². The standard InChI is InChI=1S/C19H24BrNO3/c1-7-12-8-11(4)9-13(20)14(12)15-16(22)19(5,6)21-17(15)24-18(23)10(2)3/h8-10,21H,7H2,1-6H3. The van der Waals surface area contributed by atoms with Crippen molar-refractivity contribution in [1.29, 1.82) is 0 Å². The Kier molecular flexibility index (Phi) is 5.23. The first-order valence-electron chi connectivity index (χ1n) is 8.16. The van der Waals surface area contributed by atoms with Crippen LogP contribution in [0.25, 0.3) is 5.57 Å². The van der Waals surface area contributed by atoms with E-state index in [9.17, 15) is 9.59 Å². The van der Waals surface area contributed by atoms with E-state index >= 15 is 0 Å². The first kappa shape index (κ1) is 18.7. The van der Waals surface area contributed by atoms with Gasteiger partial charge in [-0.15, -0.1) is 0 Å². The Bertz CT molecular complexity index is 732. The molecule has 130 valence electrons. The molecule has 0 fully saturated rings. The average Bonchev–Trinajstić information content (AvgIpc) is 2.68. The molecular formula is C19H24BrNO3. The SMILES string of the molecule is CCc1cc(C)cc(Br)c1C1=C(OC(=O)C(C)C)NC(C)(C)C1=O. The fourth-order valence-electron chi connectivity index (χ4n) is 2.71. The third-order valence-electron chi connectivity index (χ3n) is 4.07. The van der Waals surface area contributed by atoms with Crippen molar-refractivity contribution in [2.75, 3.05) is 0 Å². The van der Waals surface area contributed by atoms with Crippen molar-refractivity contribution in [2.24, 2.45) is 5.92 Å². The van der Waals surface area contributed by atoms with Gasteiger partial charge in [0.15, 0.2) is 5.78 Å². The van der Waals surface area contributed by atoms with Crippen LogP contribution in [0.4, 0.5) is 0 Å². The monoisotopic (exact) mass is 393 g/mol. The molecule has 0 bridgehead atoms. The summed E-state index contributed by atoms with van der Waals surface area (Å²) in [5.74, 6) is -0.454. The zero-order valence-electron chi connectivity index (χ0n) is 15.0. The molecule has 1 heterocycles. The number of hydrogen-bond acceptors (Lipinski definition) is 4. The summed E-state index contributed by atoms with van der Waals surface area (Å²) in [5, 5.41) is 3.07. The molecule has 0 spiro atoms. The number of rotatable bonds is 4. The van der Waals surface area contributed by atoms with Gasteiger partial charge in [0.05, 0.1) is 17.0 Å². The minimum absolute atomic E-state index is 0.0756. The van der Waals surface area contributed by atoms with Crippen molar-refractivity contribution < 1.29 is 14.3 Å². The summed E-state index contributed by atoms with van der Waals surface area (Å²) in [6.45, 7) is 11.2. The summed E-state index contributed by atoms with van der Waals surface area (Å²) in [7, 11) is 0. The van der Waals surface area contributed by atoms with Gasteiger partial charge in [-0.25, -0.2) is 0 Å². The number of aryl methyl sites for hydroxylation is 2. The molecule has 1 aromatic carbocycles. The van der Waals surface area contributed by atoms with Gasteiger partial charge in [-0.2, -0.15) is 0 Å². The Morgan fingerprint density at radius 1 is 1.33 bits per heavy atom. The summed E-state index contributed by atoms with van der Waals surface area (Å²) < 4.78 is 6.35. The van der Waals surface area contributed by atoms with E-state index in [-0.39, 0.29) is 23.6 Å². The number of Topliss-reactive ketones (excluding diaryl/α,β-unsaturated/α-hetero) is 1. The molecule has 2 rings (SSSR count). The largest absolute Gasteiger partial charge is 0.409 e. The highest BCUT2D eigenvalue weighted by Gasteiger charge is 2.43. The van der Waals surface area contributed by atoms with E-state index in [0.717, 1.165) is 27.6 Å². The second-order valence-electron chi connectivity index (χ2n) is 6.99. The minimum Gasteiger partial charge on any atom is -0.409 e. The lowest BCUT2D eigenvalue weighted by molar-refractivity contribution is -0.143. The van der Waals surface area contributed by atoms with E-state index in [1.165, 1.54) is 0 Å². The average molecular weight is 394 g/mol. The Hall–Kier alpha value is -1.62. The summed E-state index contributed by atoms with van der Waals surface area (Å²) in [5.41, 5.74) is 2.59. The van der Waals surface area contributed by atoms with Crippen LogP contribution < -0.4 is 5.32 Å². The molecule has 0 unspecified atom stereocenters. The molecule has 0 aromatic heterocycles. The fraction of sp³-hybridized carbons (Fsp3) is 0.474. The number of carbonyl (C=O) groups excluding carboxylic acids is 2. The maximum atomic E-state index is 13.0. The number of ether oxygens (including phenoxy) is 1. The van der Waals surface area contributed by atoms with Gasteiger partial charge in [0, 0.05) is 10.0 Å². The highest BCUT2D eigenvalue weighted by atomic mass is 79.9. The van der Waals surface area contributed by atoms with Gasteiger partial charge in [-0.3, -0.25) is 9.59 Å².